The molecule has 1 fully saturated rings. The van der Waals surface area contributed by atoms with Gasteiger partial charge < -0.3 is 19.7 Å². The molecular weight excluding hydrogens is 312 g/mol. The van der Waals surface area contributed by atoms with Gasteiger partial charge >= 0.3 is 11.9 Å². The molecule has 0 aromatic carbocycles. The van der Waals surface area contributed by atoms with E-state index in [0.717, 1.165) is 36.7 Å². The Balaban J connectivity index is 0.000000249. The van der Waals surface area contributed by atoms with Crippen molar-refractivity contribution in [1.29, 1.82) is 0 Å². The molecule has 2 N–H and O–H groups in total. The zero-order valence-electron chi connectivity index (χ0n) is 14.2. The van der Waals surface area contributed by atoms with Gasteiger partial charge in [-0.25, -0.2) is 9.59 Å². The van der Waals surface area contributed by atoms with Gasteiger partial charge in [0.2, 0.25) is 0 Å². The minimum Gasteiger partial charge on any atom is -0.515 e. The maximum Gasteiger partial charge on any atom is 0.342 e. The van der Waals surface area contributed by atoms with Crippen LogP contribution in [0, 0.1) is 5.92 Å². The van der Waals surface area contributed by atoms with Gasteiger partial charge in [-0.3, -0.25) is 0 Å². The van der Waals surface area contributed by atoms with Gasteiger partial charge in [0.05, 0.1) is 17.9 Å². The molecule has 3 rings (SSSR count). The minimum atomic E-state index is -0.901. The van der Waals surface area contributed by atoms with Gasteiger partial charge in [0.25, 0.3) is 0 Å². The van der Waals surface area contributed by atoms with Gasteiger partial charge in [-0.1, -0.05) is 6.92 Å². The van der Waals surface area contributed by atoms with Crippen LogP contribution in [0.25, 0.3) is 0 Å². The molecule has 2 aliphatic heterocycles. The molecule has 0 aromatic heterocycles. The summed E-state index contributed by atoms with van der Waals surface area (Å²) in [6.45, 7) is 5.84. The van der Waals surface area contributed by atoms with Crippen LogP contribution in [-0.2, 0) is 19.1 Å². The summed E-state index contributed by atoms with van der Waals surface area (Å²) in [5.41, 5.74) is 0.888. The second-order valence-corrected chi connectivity index (χ2v) is 6.39. The molecule has 1 aliphatic carbocycles. The van der Waals surface area contributed by atoms with Crippen LogP contribution in [0.1, 0.15) is 40.0 Å². The van der Waals surface area contributed by atoms with Crippen molar-refractivity contribution in [2.75, 3.05) is 6.61 Å². The molecule has 1 saturated carbocycles. The Kier molecular flexibility index (Phi) is 5.49. The maximum atomic E-state index is 11.7. The molecule has 0 aromatic rings. The number of esters is 2. The van der Waals surface area contributed by atoms with Crippen molar-refractivity contribution >= 4 is 11.9 Å². The third kappa shape index (κ3) is 3.24. The van der Waals surface area contributed by atoms with Crippen LogP contribution in [0.2, 0.25) is 0 Å². The minimum absolute atomic E-state index is 0.0895. The van der Waals surface area contributed by atoms with Crippen LogP contribution >= 0.6 is 0 Å². The molecule has 24 heavy (non-hydrogen) atoms. The molecule has 0 amide bonds. The first kappa shape index (κ1) is 18.3. The summed E-state index contributed by atoms with van der Waals surface area (Å²) >= 11 is 0. The number of rotatable bonds is 1. The lowest BCUT2D eigenvalue weighted by Gasteiger charge is -2.47. The quantitative estimate of drug-likeness (QED) is 0.434. The normalized spacial score (nSPS) is 31.8. The first-order valence-corrected chi connectivity index (χ1v) is 8.13. The molecule has 3 aliphatic rings. The summed E-state index contributed by atoms with van der Waals surface area (Å²) in [5, 5.41) is 19.0. The second kappa shape index (κ2) is 7.21. The van der Waals surface area contributed by atoms with E-state index in [1.165, 1.54) is 0 Å². The lowest BCUT2D eigenvalue weighted by atomic mass is 9.68. The van der Waals surface area contributed by atoms with Crippen LogP contribution in [0.15, 0.2) is 35.1 Å². The Bertz CT molecular complexity index is 613. The van der Waals surface area contributed by atoms with Crippen molar-refractivity contribution < 1.29 is 29.3 Å². The largest absolute Gasteiger partial charge is 0.515 e. The number of fused-ring (bicyclic) bond motifs is 1. The Morgan fingerprint density at radius 2 is 2.08 bits per heavy atom. The van der Waals surface area contributed by atoms with E-state index in [9.17, 15) is 14.7 Å². The molecule has 6 nitrogen and oxygen atoms in total. The van der Waals surface area contributed by atoms with Crippen LogP contribution < -0.4 is 0 Å². The van der Waals surface area contributed by atoms with Gasteiger partial charge in [-0.15, -0.1) is 0 Å². The van der Waals surface area contributed by atoms with E-state index >= 15 is 0 Å². The molecule has 2 heterocycles. The van der Waals surface area contributed by atoms with Crippen LogP contribution in [0.5, 0.6) is 0 Å². The summed E-state index contributed by atoms with van der Waals surface area (Å²) in [5.74, 6) is -0.655. The van der Waals surface area contributed by atoms with Gasteiger partial charge in [0.1, 0.15) is 6.61 Å². The molecule has 3 atom stereocenters. The van der Waals surface area contributed by atoms with Crippen molar-refractivity contribution in [3.05, 3.63) is 35.1 Å². The standard InChI is InChI=1S/C13H18O4.C5H6O2/c1-8-4-3-5-11-6-10(7-14)12(16)17-13(8,11)9(2)15;1-4-2-3-7-5(4)6/h6-9,14-15H,3-5H2,1-2H3;2H,3H2,1H3/b10-7+;/t8?,9-,13?;/m1./s1. The number of carbonyl (C=O) groups excluding carboxylic acids is 2. The lowest BCUT2D eigenvalue weighted by Crippen LogP contribution is -2.55. The topological polar surface area (TPSA) is 93.1 Å². The molecule has 2 unspecified atom stereocenters. The van der Waals surface area contributed by atoms with Gasteiger partial charge in [-0.2, -0.15) is 0 Å². The summed E-state index contributed by atoms with van der Waals surface area (Å²) in [7, 11) is 0. The number of aliphatic hydroxyl groups excluding tert-OH is 2. The number of hydrogen-bond acceptors (Lipinski definition) is 6. The number of aliphatic hydroxyl groups is 2. The van der Waals surface area contributed by atoms with Crippen molar-refractivity contribution in [2.45, 2.75) is 51.7 Å². The van der Waals surface area contributed by atoms with Crippen LogP contribution in [0.3, 0.4) is 0 Å². The predicted octanol–water partition coefficient (Wildman–Crippen LogP) is 2.34. The van der Waals surface area contributed by atoms with E-state index < -0.39 is 17.7 Å². The van der Waals surface area contributed by atoms with Gasteiger partial charge in [0, 0.05) is 11.5 Å². The Labute approximate surface area is 141 Å². The number of ether oxygens (including phenoxy) is 2. The van der Waals surface area contributed by atoms with Crippen LogP contribution in [-0.4, -0.2) is 40.5 Å². The van der Waals surface area contributed by atoms with E-state index in [2.05, 4.69) is 4.74 Å². The Hall–Kier alpha value is -2.08. The monoisotopic (exact) mass is 336 g/mol. The molecule has 0 bridgehead atoms. The fourth-order valence-corrected chi connectivity index (χ4v) is 3.43. The SMILES string of the molecule is CC1=CCOC1=O.CC1CCCC2=C/C(=C\O)C(=O)OC21[C@@H](C)O. The van der Waals surface area contributed by atoms with Crippen LogP contribution in [0.4, 0.5) is 0 Å². The first-order valence-electron chi connectivity index (χ1n) is 8.13. The lowest BCUT2D eigenvalue weighted by molar-refractivity contribution is -0.174. The Morgan fingerprint density at radius 3 is 2.54 bits per heavy atom. The summed E-state index contributed by atoms with van der Waals surface area (Å²) in [4.78, 5) is 22.0. The molecule has 0 spiro atoms. The van der Waals surface area contributed by atoms with E-state index in [-0.39, 0.29) is 17.5 Å². The first-order chi connectivity index (χ1) is 11.3. The predicted molar refractivity (Wildman–Crippen MR) is 87.0 cm³/mol. The highest BCUT2D eigenvalue weighted by Crippen LogP contribution is 2.46. The average Bonchev–Trinajstić information content (AvgIpc) is 2.91. The fraction of sp³-hybridized carbons (Fsp3) is 0.556. The van der Waals surface area contributed by atoms with E-state index in [4.69, 9.17) is 9.84 Å². The van der Waals surface area contributed by atoms with Gasteiger partial charge in [-0.05, 0) is 50.8 Å². The zero-order chi connectivity index (χ0) is 17.9. The number of cyclic esters (lactones) is 1. The smallest absolute Gasteiger partial charge is 0.342 e. The number of hydrogen-bond donors (Lipinski definition) is 2. The molecule has 6 heteroatoms. The van der Waals surface area contributed by atoms with Gasteiger partial charge in [0.15, 0.2) is 5.60 Å². The molecular formula is C18H24O6. The van der Waals surface area contributed by atoms with E-state index in [0.29, 0.717) is 6.61 Å². The molecule has 0 saturated heterocycles. The highest BCUT2D eigenvalue weighted by Gasteiger charge is 2.51. The van der Waals surface area contributed by atoms with E-state index in [1.807, 2.05) is 6.92 Å². The summed E-state index contributed by atoms with van der Waals surface area (Å²) < 4.78 is 10.0. The van der Waals surface area contributed by atoms with Crippen molar-refractivity contribution in [3.8, 4) is 0 Å². The van der Waals surface area contributed by atoms with Crippen molar-refractivity contribution in [2.24, 2.45) is 5.92 Å². The highest BCUT2D eigenvalue weighted by molar-refractivity contribution is 5.93. The Morgan fingerprint density at radius 1 is 1.38 bits per heavy atom. The summed E-state index contributed by atoms with van der Waals surface area (Å²) in [6.07, 6.45) is 6.18. The number of carbonyl (C=O) groups is 2. The molecule has 0 radical (unpaired) electrons. The molecule has 132 valence electrons. The second-order valence-electron chi connectivity index (χ2n) is 6.39. The third-order valence-electron chi connectivity index (χ3n) is 4.83. The van der Waals surface area contributed by atoms with Crippen molar-refractivity contribution in [3.63, 3.8) is 0 Å². The highest BCUT2D eigenvalue weighted by atomic mass is 16.6. The zero-order valence-corrected chi connectivity index (χ0v) is 14.2. The maximum absolute atomic E-state index is 11.7. The average molecular weight is 336 g/mol. The van der Waals surface area contributed by atoms with E-state index in [1.54, 1.807) is 26.0 Å². The fourth-order valence-electron chi connectivity index (χ4n) is 3.43. The third-order valence-corrected chi connectivity index (χ3v) is 4.83. The summed E-state index contributed by atoms with van der Waals surface area (Å²) in [6, 6.07) is 0. The van der Waals surface area contributed by atoms with Crippen molar-refractivity contribution in [1.82, 2.24) is 0 Å².